The molecule has 2 aliphatic rings. The first-order valence-corrected chi connectivity index (χ1v) is 12.1. The Morgan fingerprint density at radius 2 is 1.55 bits per heavy atom. The highest BCUT2D eigenvalue weighted by Gasteiger charge is 2.42. The minimum Gasteiger partial charge on any atom is -0.492 e. The van der Waals surface area contributed by atoms with Crippen LogP contribution in [0.4, 0.5) is 5.69 Å². The number of anilines is 1. The van der Waals surface area contributed by atoms with Crippen LogP contribution in [0.5, 0.6) is 5.75 Å². The Labute approximate surface area is 190 Å². The van der Waals surface area contributed by atoms with Gasteiger partial charge in [0, 0.05) is 17.3 Å². The maximum Gasteiger partial charge on any atom is 0.235 e. The quantitative estimate of drug-likeness (QED) is 0.570. The van der Waals surface area contributed by atoms with Crippen molar-refractivity contribution >= 4 is 23.2 Å². The molecular formula is C26H33ClN2O2. The Hall–Kier alpha value is -2.04. The fourth-order valence-electron chi connectivity index (χ4n) is 4.93. The van der Waals surface area contributed by atoms with Gasteiger partial charge >= 0.3 is 0 Å². The van der Waals surface area contributed by atoms with E-state index in [2.05, 4.69) is 10.2 Å². The second-order valence-electron chi connectivity index (χ2n) is 8.88. The van der Waals surface area contributed by atoms with Gasteiger partial charge in [-0.05, 0) is 80.7 Å². The molecule has 4 rings (SSSR count). The van der Waals surface area contributed by atoms with Crippen LogP contribution in [0.25, 0.3) is 0 Å². The van der Waals surface area contributed by atoms with Crippen LogP contribution in [0.3, 0.4) is 0 Å². The molecule has 1 saturated heterocycles. The van der Waals surface area contributed by atoms with Crippen molar-refractivity contribution in [3.05, 3.63) is 59.1 Å². The molecule has 2 aromatic carbocycles. The highest BCUT2D eigenvalue weighted by Crippen LogP contribution is 2.42. The first kappa shape index (κ1) is 22.2. The highest BCUT2D eigenvalue weighted by atomic mass is 35.5. The zero-order valence-corrected chi connectivity index (χ0v) is 19.0. The minimum absolute atomic E-state index is 0.0714. The monoisotopic (exact) mass is 440 g/mol. The molecule has 1 saturated carbocycles. The lowest BCUT2D eigenvalue weighted by molar-refractivity contribution is -0.121. The van der Waals surface area contributed by atoms with Crippen molar-refractivity contribution in [1.82, 2.24) is 4.90 Å². The van der Waals surface area contributed by atoms with Crippen molar-refractivity contribution in [2.24, 2.45) is 0 Å². The third kappa shape index (κ3) is 5.61. The summed E-state index contributed by atoms with van der Waals surface area (Å²) in [5.74, 6) is 0.920. The fraction of sp³-hybridized carbons (Fsp3) is 0.500. The molecule has 1 aliphatic heterocycles. The van der Waals surface area contributed by atoms with E-state index in [1.807, 2.05) is 48.5 Å². The van der Waals surface area contributed by atoms with Crippen LogP contribution >= 0.6 is 11.6 Å². The van der Waals surface area contributed by atoms with Gasteiger partial charge in [0.25, 0.3) is 0 Å². The lowest BCUT2D eigenvalue weighted by Crippen LogP contribution is -2.37. The molecule has 4 nitrogen and oxygen atoms in total. The van der Waals surface area contributed by atoms with Crippen LogP contribution in [0, 0.1) is 0 Å². The lowest BCUT2D eigenvalue weighted by atomic mass is 9.78. The summed E-state index contributed by atoms with van der Waals surface area (Å²) in [6.45, 7) is 4.04. The van der Waals surface area contributed by atoms with Crippen molar-refractivity contribution in [1.29, 1.82) is 0 Å². The van der Waals surface area contributed by atoms with Gasteiger partial charge in [-0.1, -0.05) is 49.4 Å². The van der Waals surface area contributed by atoms with Crippen LogP contribution in [0.15, 0.2) is 48.5 Å². The molecule has 1 N–H and O–H groups in total. The molecule has 0 radical (unpaired) electrons. The molecule has 2 aromatic rings. The Morgan fingerprint density at radius 3 is 2.19 bits per heavy atom. The number of hydrogen-bond acceptors (Lipinski definition) is 3. The number of carbonyl (C=O) groups is 1. The van der Waals surface area contributed by atoms with Gasteiger partial charge in [-0.15, -0.1) is 0 Å². The number of nitrogens with zero attached hydrogens (tertiary/aromatic N) is 1. The van der Waals surface area contributed by atoms with Crippen molar-refractivity contribution < 1.29 is 9.53 Å². The summed E-state index contributed by atoms with van der Waals surface area (Å²) >= 11 is 6.06. The van der Waals surface area contributed by atoms with Gasteiger partial charge in [-0.25, -0.2) is 0 Å². The normalized spacial score (nSPS) is 19.0. The Morgan fingerprint density at radius 1 is 0.903 bits per heavy atom. The van der Waals surface area contributed by atoms with E-state index in [4.69, 9.17) is 16.3 Å². The summed E-state index contributed by atoms with van der Waals surface area (Å²) in [5, 5.41) is 3.84. The number of amides is 1. The molecule has 0 spiro atoms. The second-order valence-corrected chi connectivity index (χ2v) is 9.32. The number of nitrogens with one attached hydrogen (secondary N) is 1. The molecule has 5 heteroatoms. The number of benzene rings is 2. The Balaban J connectivity index is 1.33. The summed E-state index contributed by atoms with van der Waals surface area (Å²) in [6, 6.07) is 15.5. The van der Waals surface area contributed by atoms with Crippen molar-refractivity contribution in [2.75, 3.05) is 31.6 Å². The maximum absolute atomic E-state index is 13.3. The van der Waals surface area contributed by atoms with Crippen molar-refractivity contribution in [3.63, 3.8) is 0 Å². The topological polar surface area (TPSA) is 41.6 Å². The van der Waals surface area contributed by atoms with E-state index in [0.717, 1.165) is 49.2 Å². The van der Waals surface area contributed by atoms with Gasteiger partial charge < -0.3 is 10.1 Å². The summed E-state index contributed by atoms with van der Waals surface area (Å²) in [6.07, 6.45) is 9.18. The number of rotatable bonds is 7. The predicted octanol–water partition coefficient (Wildman–Crippen LogP) is 6.05. The number of halogens is 1. The third-order valence-electron chi connectivity index (χ3n) is 6.78. The predicted molar refractivity (Wildman–Crippen MR) is 127 cm³/mol. The molecule has 0 unspecified atom stereocenters. The van der Waals surface area contributed by atoms with E-state index >= 15 is 0 Å². The van der Waals surface area contributed by atoms with E-state index in [1.54, 1.807) is 0 Å². The average molecular weight is 441 g/mol. The molecular weight excluding hydrogens is 408 g/mol. The maximum atomic E-state index is 13.3. The molecule has 2 fully saturated rings. The van der Waals surface area contributed by atoms with E-state index in [-0.39, 0.29) is 5.91 Å². The molecule has 1 heterocycles. The summed E-state index contributed by atoms with van der Waals surface area (Å²) < 4.78 is 5.94. The molecule has 0 bridgehead atoms. The highest BCUT2D eigenvalue weighted by molar-refractivity contribution is 6.30. The van der Waals surface area contributed by atoms with Crippen LogP contribution in [-0.4, -0.2) is 37.0 Å². The Kier molecular flexibility index (Phi) is 7.52. The van der Waals surface area contributed by atoms with Crippen molar-refractivity contribution in [3.8, 4) is 5.75 Å². The number of hydrogen-bond donors (Lipinski definition) is 1. The van der Waals surface area contributed by atoms with Crippen molar-refractivity contribution in [2.45, 2.75) is 56.8 Å². The fourth-order valence-corrected chi connectivity index (χ4v) is 5.06. The van der Waals surface area contributed by atoms with Gasteiger partial charge in [0.1, 0.15) is 12.4 Å². The van der Waals surface area contributed by atoms with Gasteiger partial charge in [-0.3, -0.25) is 9.69 Å². The van der Waals surface area contributed by atoms with E-state index in [9.17, 15) is 4.79 Å². The summed E-state index contributed by atoms with van der Waals surface area (Å²) in [7, 11) is 0. The average Bonchev–Trinajstić information content (AvgIpc) is 3.15. The van der Waals surface area contributed by atoms with Crippen LogP contribution in [0.1, 0.15) is 56.9 Å². The minimum atomic E-state index is -0.465. The molecule has 31 heavy (non-hydrogen) atoms. The van der Waals surface area contributed by atoms with Gasteiger partial charge in [-0.2, -0.15) is 0 Å². The van der Waals surface area contributed by atoms with Crippen LogP contribution in [0.2, 0.25) is 5.02 Å². The zero-order chi connectivity index (χ0) is 21.5. The standard InChI is InChI=1S/C26H33ClN2O2/c27-22-9-7-21(8-10-22)26(15-3-4-16-26)25(30)28-23-11-13-24(14-12-23)31-20-19-29-17-5-1-2-6-18-29/h7-14H,1-6,15-20H2,(H,28,30). The summed E-state index contributed by atoms with van der Waals surface area (Å²) in [4.78, 5) is 15.8. The van der Waals surface area contributed by atoms with E-state index in [1.165, 1.54) is 38.8 Å². The zero-order valence-electron chi connectivity index (χ0n) is 18.2. The molecule has 1 aliphatic carbocycles. The van der Waals surface area contributed by atoms with E-state index < -0.39 is 5.41 Å². The lowest BCUT2D eigenvalue weighted by Gasteiger charge is -2.28. The van der Waals surface area contributed by atoms with Gasteiger partial charge in [0.05, 0.1) is 5.41 Å². The SMILES string of the molecule is O=C(Nc1ccc(OCCN2CCCCCC2)cc1)C1(c2ccc(Cl)cc2)CCCC1. The number of likely N-dealkylation sites (tertiary alicyclic amines) is 1. The first-order chi connectivity index (χ1) is 15.2. The Bertz CT molecular complexity index is 837. The third-order valence-corrected chi connectivity index (χ3v) is 7.03. The van der Waals surface area contributed by atoms with Gasteiger partial charge in [0.2, 0.25) is 5.91 Å². The number of carbonyl (C=O) groups excluding carboxylic acids is 1. The first-order valence-electron chi connectivity index (χ1n) is 11.7. The molecule has 1 amide bonds. The summed E-state index contributed by atoms with van der Waals surface area (Å²) in [5.41, 5.74) is 1.40. The number of ether oxygens (including phenoxy) is 1. The van der Waals surface area contributed by atoms with Crippen LogP contribution < -0.4 is 10.1 Å². The van der Waals surface area contributed by atoms with Crippen LogP contribution in [-0.2, 0) is 10.2 Å². The second kappa shape index (κ2) is 10.5. The molecule has 0 atom stereocenters. The molecule has 166 valence electrons. The largest absolute Gasteiger partial charge is 0.492 e. The smallest absolute Gasteiger partial charge is 0.235 e. The van der Waals surface area contributed by atoms with E-state index in [0.29, 0.717) is 11.6 Å². The molecule has 0 aromatic heterocycles. The van der Waals surface area contributed by atoms with Gasteiger partial charge in [0.15, 0.2) is 0 Å².